The first-order valence-electron chi connectivity index (χ1n) is 5.28. The molecular weight excluding hydrogens is 214 g/mol. The summed E-state index contributed by atoms with van der Waals surface area (Å²) in [5.41, 5.74) is 1.52. The van der Waals surface area contributed by atoms with Gasteiger partial charge in [0.2, 0.25) is 0 Å². The van der Waals surface area contributed by atoms with Crippen LogP contribution in [0.4, 0.5) is 0 Å². The van der Waals surface area contributed by atoms with Crippen LogP contribution < -0.4 is 5.11 Å². The first kappa shape index (κ1) is 13.0. The maximum Gasteiger partial charge on any atom is 0.101 e. The number of nitrogens with zero attached hydrogens (tertiary/aromatic N) is 1. The van der Waals surface area contributed by atoms with E-state index < -0.39 is 5.97 Å². The summed E-state index contributed by atoms with van der Waals surface area (Å²) < 4.78 is 0. The first-order chi connectivity index (χ1) is 7.84. The predicted octanol–water partition coefficient (Wildman–Crippen LogP) is 1.64. The first-order valence-corrected chi connectivity index (χ1v) is 5.28. The molecule has 0 heterocycles. The van der Waals surface area contributed by atoms with Gasteiger partial charge in [0.1, 0.15) is 6.07 Å². The molecule has 3 nitrogen and oxygen atoms in total. The van der Waals surface area contributed by atoms with E-state index in [2.05, 4.69) is 20.8 Å². The lowest BCUT2D eigenvalue weighted by molar-refractivity contribution is -0.298. The molecule has 0 fully saturated rings. The molecule has 0 amide bonds. The molecule has 88 valence electrons. The van der Waals surface area contributed by atoms with Crippen molar-refractivity contribution >= 4 is 12.0 Å². The van der Waals surface area contributed by atoms with Crippen LogP contribution in [-0.2, 0) is 10.2 Å². The molecule has 0 unspecified atom stereocenters. The molecule has 0 saturated heterocycles. The summed E-state index contributed by atoms with van der Waals surface area (Å²) in [5.74, 6) is -1.45. The predicted molar refractivity (Wildman–Crippen MR) is 63.7 cm³/mol. The third-order valence-electron chi connectivity index (χ3n) is 2.43. The van der Waals surface area contributed by atoms with Crippen LogP contribution in [0.2, 0.25) is 0 Å². The Morgan fingerprint density at radius 2 is 1.82 bits per heavy atom. The minimum Gasteiger partial charge on any atom is -0.544 e. The number of benzene rings is 1. The number of nitriles is 1. The minimum absolute atomic E-state index is 0.0503. The fourth-order valence-electron chi connectivity index (χ4n) is 1.38. The molecule has 0 aliphatic rings. The van der Waals surface area contributed by atoms with Gasteiger partial charge in [-0.05, 0) is 22.6 Å². The molecule has 0 aliphatic heterocycles. The quantitative estimate of drug-likeness (QED) is 0.571. The maximum absolute atomic E-state index is 10.6. The zero-order valence-electron chi connectivity index (χ0n) is 10.2. The summed E-state index contributed by atoms with van der Waals surface area (Å²) in [4.78, 5) is 10.6. The second-order valence-electron chi connectivity index (χ2n) is 4.83. The molecule has 0 aromatic heterocycles. The third kappa shape index (κ3) is 3.46. The van der Waals surface area contributed by atoms with Gasteiger partial charge in [-0.3, -0.25) is 0 Å². The van der Waals surface area contributed by atoms with Crippen LogP contribution in [0.3, 0.4) is 0 Å². The number of carboxylic acids is 1. The highest BCUT2D eigenvalue weighted by Crippen LogP contribution is 2.22. The van der Waals surface area contributed by atoms with Crippen molar-refractivity contribution in [1.29, 1.82) is 5.26 Å². The van der Waals surface area contributed by atoms with Gasteiger partial charge in [0.15, 0.2) is 0 Å². The largest absolute Gasteiger partial charge is 0.544 e. The van der Waals surface area contributed by atoms with Gasteiger partial charge in [0, 0.05) is 0 Å². The van der Waals surface area contributed by atoms with E-state index in [1.165, 1.54) is 6.08 Å². The smallest absolute Gasteiger partial charge is 0.101 e. The zero-order chi connectivity index (χ0) is 13.1. The fourth-order valence-corrected chi connectivity index (χ4v) is 1.38. The van der Waals surface area contributed by atoms with Crippen molar-refractivity contribution in [1.82, 2.24) is 0 Å². The maximum atomic E-state index is 10.6. The summed E-state index contributed by atoms with van der Waals surface area (Å²) in [5, 5.41) is 19.2. The molecule has 0 aliphatic carbocycles. The summed E-state index contributed by atoms with van der Waals surface area (Å²) in [7, 11) is 0. The number of rotatable bonds is 2. The molecule has 1 aromatic carbocycles. The second kappa shape index (κ2) is 4.84. The van der Waals surface area contributed by atoms with Crippen molar-refractivity contribution < 1.29 is 9.90 Å². The van der Waals surface area contributed by atoms with Gasteiger partial charge in [-0.2, -0.15) is 5.26 Å². The number of carbonyl (C=O) groups excluding carboxylic acids is 1. The lowest BCUT2D eigenvalue weighted by Gasteiger charge is -2.18. The van der Waals surface area contributed by atoms with E-state index in [1.807, 2.05) is 12.1 Å². The van der Waals surface area contributed by atoms with E-state index in [4.69, 9.17) is 5.26 Å². The molecule has 0 atom stereocenters. The van der Waals surface area contributed by atoms with Gasteiger partial charge in [-0.25, -0.2) is 0 Å². The van der Waals surface area contributed by atoms with Gasteiger partial charge < -0.3 is 9.90 Å². The summed E-state index contributed by atoms with van der Waals surface area (Å²) in [6.07, 6.45) is 1.31. The van der Waals surface area contributed by atoms with Crippen LogP contribution >= 0.6 is 0 Å². The monoisotopic (exact) mass is 228 g/mol. The SMILES string of the molecule is CC(C)(C)c1ccc(/C=C(\C#N)C(=O)[O-])cc1. The lowest BCUT2D eigenvalue weighted by Crippen LogP contribution is -2.23. The zero-order valence-corrected chi connectivity index (χ0v) is 10.2. The van der Waals surface area contributed by atoms with Gasteiger partial charge in [-0.1, -0.05) is 45.0 Å². The number of aliphatic carboxylic acids is 1. The Morgan fingerprint density at radius 1 is 1.29 bits per heavy atom. The number of hydrogen-bond donors (Lipinski definition) is 0. The molecule has 1 aromatic rings. The van der Waals surface area contributed by atoms with Crippen molar-refractivity contribution in [3.05, 3.63) is 41.0 Å². The van der Waals surface area contributed by atoms with Crippen LogP contribution in [0.1, 0.15) is 31.9 Å². The summed E-state index contributed by atoms with van der Waals surface area (Å²) in [6, 6.07) is 9.03. The highest BCUT2D eigenvalue weighted by molar-refractivity contribution is 5.95. The molecule has 17 heavy (non-hydrogen) atoms. The minimum atomic E-state index is -1.45. The molecule has 0 spiro atoms. The van der Waals surface area contributed by atoms with Crippen molar-refractivity contribution in [3.8, 4) is 6.07 Å². The lowest BCUT2D eigenvalue weighted by atomic mass is 9.86. The second-order valence-corrected chi connectivity index (χ2v) is 4.83. The van der Waals surface area contributed by atoms with E-state index in [1.54, 1.807) is 18.2 Å². The van der Waals surface area contributed by atoms with Crippen LogP contribution in [0.25, 0.3) is 6.08 Å². The Balaban J connectivity index is 3.05. The van der Waals surface area contributed by atoms with Gasteiger partial charge in [0.25, 0.3) is 0 Å². The fraction of sp³-hybridized carbons (Fsp3) is 0.286. The molecule has 0 saturated carbocycles. The topological polar surface area (TPSA) is 63.9 Å². The van der Waals surface area contributed by atoms with Crippen molar-refractivity contribution in [2.24, 2.45) is 0 Å². The van der Waals surface area contributed by atoms with E-state index in [-0.39, 0.29) is 11.0 Å². The average Bonchev–Trinajstić information content (AvgIpc) is 2.25. The van der Waals surface area contributed by atoms with Gasteiger partial charge >= 0.3 is 0 Å². The molecule has 3 heteroatoms. The summed E-state index contributed by atoms with van der Waals surface area (Å²) >= 11 is 0. The summed E-state index contributed by atoms with van der Waals surface area (Å²) in [6.45, 7) is 6.29. The standard InChI is InChI=1S/C14H15NO2/c1-14(2,3)12-6-4-10(5-7-12)8-11(9-15)13(16)17/h4-8H,1-3H3,(H,16,17)/p-1/b11-8+. The van der Waals surface area contributed by atoms with E-state index >= 15 is 0 Å². The Bertz CT molecular complexity index is 484. The number of hydrogen-bond acceptors (Lipinski definition) is 3. The van der Waals surface area contributed by atoms with Crippen LogP contribution in [-0.4, -0.2) is 5.97 Å². The van der Waals surface area contributed by atoms with Crippen LogP contribution in [0, 0.1) is 11.3 Å². The molecular formula is C14H14NO2-. The van der Waals surface area contributed by atoms with Crippen LogP contribution in [0.15, 0.2) is 29.8 Å². The normalized spacial score (nSPS) is 12.0. The number of carboxylic acid groups (broad SMARTS) is 1. The highest BCUT2D eigenvalue weighted by Gasteiger charge is 2.12. The third-order valence-corrected chi connectivity index (χ3v) is 2.43. The van der Waals surface area contributed by atoms with Crippen molar-refractivity contribution in [2.45, 2.75) is 26.2 Å². The molecule has 0 bridgehead atoms. The molecule has 0 N–H and O–H groups in total. The van der Waals surface area contributed by atoms with E-state index in [0.29, 0.717) is 5.56 Å². The number of carbonyl (C=O) groups is 1. The molecule has 1 rings (SSSR count). The van der Waals surface area contributed by atoms with Gasteiger partial charge in [-0.15, -0.1) is 0 Å². The molecule has 0 radical (unpaired) electrons. The average molecular weight is 228 g/mol. The van der Waals surface area contributed by atoms with Crippen molar-refractivity contribution in [2.75, 3.05) is 0 Å². The van der Waals surface area contributed by atoms with Crippen LogP contribution in [0.5, 0.6) is 0 Å². The Labute approximate surface area is 101 Å². The Kier molecular flexibility index (Phi) is 3.69. The van der Waals surface area contributed by atoms with E-state index in [9.17, 15) is 9.90 Å². The highest BCUT2D eigenvalue weighted by atomic mass is 16.4. The Morgan fingerprint density at radius 3 is 2.18 bits per heavy atom. The van der Waals surface area contributed by atoms with Crippen molar-refractivity contribution in [3.63, 3.8) is 0 Å². The Hall–Kier alpha value is -2.08. The van der Waals surface area contributed by atoms with Gasteiger partial charge in [0.05, 0.1) is 11.5 Å². The van der Waals surface area contributed by atoms with E-state index in [0.717, 1.165) is 5.56 Å².